The van der Waals surface area contributed by atoms with Gasteiger partial charge in [-0.3, -0.25) is 4.68 Å². The second kappa shape index (κ2) is 7.27. The molecule has 0 aliphatic heterocycles. The zero-order chi connectivity index (χ0) is 14.6. The second-order valence-corrected chi connectivity index (χ2v) is 5.61. The number of likely N-dealkylation sites (N-methyl/N-ethyl adjacent to an activating group) is 1. The lowest BCUT2D eigenvalue weighted by molar-refractivity contribution is 0.00497. The van der Waals surface area contributed by atoms with Crippen molar-refractivity contribution in [1.29, 1.82) is 0 Å². The average molecular weight is 288 g/mol. The Morgan fingerprint density at radius 2 is 2.05 bits per heavy atom. The molecule has 0 amide bonds. The fourth-order valence-corrected chi connectivity index (χ4v) is 2.70. The molecule has 0 aromatic carbocycles. The number of nitrogens with one attached hydrogen (secondary N) is 1. The van der Waals surface area contributed by atoms with Gasteiger partial charge in [0.1, 0.15) is 0 Å². The van der Waals surface area contributed by atoms with Crippen molar-refractivity contribution in [3.05, 3.63) is 16.4 Å². The number of ether oxygens (including phenoxy) is 1. The van der Waals surface area contributed by atoms with Crippen molar-refractivity contribution in [3.8, 4) is 0 Å². The van der Waals surface area contributed by atoms with E-state index >= 15 is 0 Å². The summed E-state index contributed by atoms with van der Waals surface area (Å²) >= 11 is 6.32. The molecule has 0 bridgehead atoms. The molecule has 19 heavy (non-hydrogen) atoms. The number of hydrogen-bond acceptors (Lipinski definition) is 3. The Labute approximate surface area is 121 Å². The van der Waals surface area contributed by atoms with Gasteiger partial charge in [-0.1, -0.05) is 25.4 Å². The average Bonchev–Trinajstić information content (AvgIpc) is 2.59. The molecule has 0 fully saturated rings. The molecule has 2 atom stereocenters. The first-order valence-corrected chi connectivity index (χ1v) is 7.26. The number of aryl methyl sites for hydroxylation is 2. The van der Waals surface area contributed by atoms with Crippen LogP contribution < -0.4 is 5.32 Å². The molecular weight excluding hydrogens is 262 g/mol. The summed E-state index contributed by atoms with van der Waals surface area (Å²) in [6.07, 6.45) is 0.983. The predicted molar refractivity (Wildman–Crippen MR) is 79.8 cm³/mol. The van der Waals surface area contributed by atoms with Crippen LogP contribution in [-0.2, 0) is 18.2 Å². The third kappa shape index (κ3) is 3.94. The Kier molecular flexibility index (Phi) is 6.30. The first-order valence-electron chi connectivity index (χ1n) is 6.89. The van der Waals surface area contributed by atoms with E-state index in [4.69, 9.17) is 16.3 Å². The Morgan fingerprint density at radius 3 is 2.42 bits per heavy atom. The van der Waals surface area contributed by atoms with Crippen molar-refractivity contribution < 1.29 is 4.74 Å². The lowest BCUT2D eigenvalue weighted by Crippen LogP contribution is -2.44. The van der Waals surface area contributed by atoms with Crippen LogP contribution in [0, 0.1) is 12.8 Å². The van der Waals surface area contributed by atoms with Crippen LogP contribution in [0.4, 0.5) is 0 Å². The maximum Gasteiger partial charge on any atom is 0.0847 e. The highest BCUT2D eigenvalue weighted by molar-refractivity contribution is 6.31. The fraction of sp³-hybridized carbons (Fsp3) is 0.786. The highest BCUT2D eigenvalue weighted by Crippen LogP contribution is 2.23. The smallest absolute Gasteiger partial charge is 0.0847 e. The van der Waals surface area contributed by atoms with Gasteiger partial charge >= 0.3 is 0 Å². The van der Waals surface area contributed by atoms with E-state index in [1.54, 1.807) is 0 Å². The summed E-state index contributed by atoms with van der Waals surface area (Å²) in [5.74, 6) is 0.450. The lowest BCUT2D eigenvalue weighted by atomic mass is 9.95. The van der Waals surface area contributed by atoms with Crippen molar-refractivity contribution in [3.63, 3.8) is 0 Å². The molecule has 1 aromatic heterocycles. The third-order valence-corrected chi connectivity index (χ3v) is 3.95. The molecule has 0 saturated carbocycles. The molecule has 110 valence electrons. The van der Waals surface area contributed by atoms with E-state index in [2.05, 4.69) is 24.3 Å². The van der Waals surface area contributed by atoms with Crippen LogP contribution in [0.2, 0.25) is 5.02 Å². The van der Waals surface area contributed by atoms with Crippen LogP contribution in [-0.4, -0.2) is 35.6 Å². The summed E-state index contributed by atoms with van der Waals surface area (Å²) in [6, 6.07) is 0.229. The summed E-state index contributed by atoms with van der Waals surface area (Å²) in [7, 11) is 3.90. The molecule has 0 aliphatic rings. The van der Waals surface area contributed by atoms with Gasteiger partial charge in [-0.2, -0.15) is 5.10 Å². The van der Waals surface area contributed by atoms with E-state index in [0.29, 0.717) is 5.92 Å². The van der Waals surface area contributed by atoms with Gasteiger partial charge in [-0.05, 0) is 26.8 Å². The van der Waals surface area contributed by atoms with E-state index in [1.807, 2.05) is 32.6 Å². The van der Waals surface area contributed by atoms with Gasteiger partial charge in [0.25, 0.3) is 0 Å². The standard InChI is InChI=1S/C14H26ClN3O/c1-7-19-14(9(2)3)11(16-5)8-12-13(15)10(4)17-18(12)6/h9,11,14,16H,7-8H2,1-6H3. The minimum atomic E-state index is 0.168. The quantitative estimate of drug-likeness (QED) is 0.838. The number of hydrogen-bond donors (Lipinski definition) is 1. The van der Waals surface area contributed by atoms with E-state index < -0.39 is 0 Å². The summed E-state index contributed by atoms with van der Waals surface area (Å²) in [6.45, 7) is 9.05. The first-order chi connectivity index (χ1) is 8.92. The maximum absolute atomic E-state index is 6.32. The molecule has 1 aromatic rings. The van der Waals surface area contributed by atoms with Crippen molar-refractivity contribution in [2.75, 3.05) is 13.7 Å². The molecule has 0 saturated heterocycles. The zero-order valence-electron chi connectivity index (χ0n) is 12.8. The molecule has 1 rings (SSSR count). The number of rotatable bonds is 7. The lowest BCUT2D eigenvalue weighted by Gasteiger charge is -2.30. The van der Waals surface area contributed by atoms with E-state index in [9.17, 15) is 0 Å². The van der Waals surface area contributed by atoms with Crippen LogP contribution >= 0.6 is 11.6 Å². The van der Waals surface area contributed by atoms with Gasteiger partial charge in [0.15, 0.2) is 0 Å². The maximum atomic E-state index is 6.32. The van der Waals surface area contributed by atoms with Gasteiger partial charge in [-0.25, -0.2) is 0 Å². The number of nitrogens with zero attached hydrogens (tertiary/aromatic N) is 2. The van der Waals surface area contributed by atoms with Crippen LogP contribution in [0.15, 0.2) is 0 Å². The van der Waals surface area contributed by atoms with Crippen LogP contribution in [0.3, 0.4) is 0 Å². The van der Waals surface area contributed by atoms with Crippen LogP contribution in [0.25, 0.3) is 0 Å². The summed E-state index contributed by atoms with van der Waals surface area (Å²) in [4.78, 5) is 0. The fourth-order valence-electron chi connectivity index (χ4n) is 2.46. The molecule has 2 unspecified atom stereocenters. The van der Waals surface area contributed by atoms with Crippen LogP contribution in [0.5, 0.6) is 0 Å². The summed E-state index contributed by atoms with van der Waals surface area (Å²) in [5.41, 5.74) is 1.94. The summed E-state index contributed by atoms with van der Waals surface area (Å²) < 4.78 is 7.75. The monoisotopic (exact) mass is 287 g/mol. The molecule has 1 heterocycles. The van der Waals surface area contributed by atoms with Crippen molar-refractivity contribution in [2.24, 2.45) is 13.0 Å². The number of halogens is 1. The molecule has 0 aliphatic carbocycles. The van der Waals surface area contributed by atoms with Crippen molar-refractivity contribution >= 4 is 11.6 Å². The topological polar surface area (TPSA) is 39.1 Å². The van der Waals surface area contributed by atoms with E-state index in [-0.39, 0.29) is 12.1 Å². The van der Waals surface area contributed by atoms with E-state index in [0.717, 1.165) is 29.4 Å². The Morgan fingerprint density at radius 1 is 1.42 bits per heavy atom. The largest absolute Gasteiger partial charge is 0.377 e. The minimum absolute atomic E-state index is 0.168. The first kappa shape index (κ1) is 16.5. The Hall–Kier alpha value is -0.580. The van der Waals surface area contributed by atoms with E-state index in [1.165, 1.54) is 0 Å². The second-order valence-electron chi connectivity index (χ2n) is 5.23. The molecule has 1 N–H and O–H groups in total. The molecule has 0 spiro atoms. The van der Waals surface area contributed by atoms with Gasteiger partial charge in [0.05, 0.1) is 22.5 Å². The Bertz CT molecular complexity index is 404. The third-order valence-electron chi connectivity index (χ3n) is 3.46. The van der Waals surface area contributed by atoms with Gasteiger partial charge in [0.2, 0.25) is 0 Å². The molecule has 0 radical (unpaired) electrons. The van der Waals surface area contributed by atoms with Gasteiger partial charge in [-0.15, -0.1) is 0 Å². The highest BCUT2D eigenvalue weighted by Gasteiger charge is 2.26. The van der Waals surface area contributed by atoms with Crippen molar-refractivity contribution in [2.45, 2.75) is 46.3 Å². The van der Waals surface area contributed by atoms with Gasteiger partial charge in [0, 0.05) is 26.1 Å². The van der Waals surface area contributed by atoms with Crippen molar-refractivity contribution in [1.82, 2.24) is 15.1 Å². The SMILES string of the molecule is CCOC(C(C)C)C(Cc1c(Cl)c(C)nn1C)NC. The Balaban J connectivity index is 2.91. The molecular formula is C14H26ClN3O. The number of aromatic nitrogens is 2. The summed E-state index contributed by atoms with van der Waals surface area (Å²) in [5, 5.41) is 8.49. The zero-order valence-corrected chi connectivity index (χ0v) is 13.6. The predicted octanol–water partition coefficient (Wildman–Crippen LogP) is 2.57. The van der Waals surface area contributed by atoms with Crippen LogP contribution in [0.1, 0.15) is 32.2 Å². The normalized spacial score (nSPS) is 14.9. The van der Waals surface area contributed by atoms with Gasteiger partial charge < -0.3 is 10.1 Å². The highest BCUT2D eigenvalue weighted by atomic mass is 35.5. The molecule has 4 nitrogen and oxygen atoms in total. The minimum Gasteiger partial charge on any atom is -0.377 e. The molecule has 5 heteroatoms.